The summed E-state index contributed by atoms with van der Waals surface area (Å²) in [4.78, 5) is 0. The van der Waals surface area contributed by atoms with E-state index < -0.39 is 0 Å². The van der Waals surface area contributed by atoms with Gasteiger partial charge >= 0.3 is 0 Å². The second-order valence-corrected chi connectivity index (χ2v) is 8.01. The maximum absolute atomic E-state index is 13.1. The smallest absolute Gasteiger partial charge is 0.123 e. The first-order valence-electron chi connectivity index (χ1n) is 10.3. The summed E-state index contributed by atoms with van der Waals surface area (Å²) in [5.74, 6) is 1.73. The van der Waals surface area contributed by atoms with Crippen LogP contribution in [-0.2, 0) is 4.74 Å². The van der Waals surface area contributed by atoms with Crippen LogP contribution in [0.1, 0.15) is 62.8 Å². The number of allylic oxidation sites excluding steroid dienone is 4. The van der Waals surface area contributed by atoms with Crippen LogP contribution in [-0.4, -0.2) is 12.7 Å². The minimum absolute atomic E-state index is 0.148. The predicted molar refractivity (Wildman–Crippen MR) is 107 cm³/mol. The molecular weight excluding hydrogens is 337 g/mol. The van der Waals surface area contributed by atoms with Gasteiger partial charge in [0.15, 0.2) is 0 Å². The van der Waals surface area contributed by atoms with Gasteiger partial charge in [0, 0.05) is 12.7 Å². The summed E-state index contributed by atoms with van der Waals surface area (Å²) < 4.78 is 19.3. The number of nitrogens with zero attached hydrogens (tertiary/aromatic N) is 1. The van der Waals surface area contributed by atoms with Crippen molar-refractivity contribution >= 4 is 0 Å². The van der Waals surface area contributed by atoms with E-state index in [1.165, 1.54) is 50.2 Å². The highest BCUT2D eigenvalue weighted by Crippen LogP contribution is 2.36. The molecule has 0 spiro atoms. The van der Waals surface area contributed by atoms with Crippen LogP contribution in [0.15, 0.2) is 48.6 Å². The lowest BCUT2D eigenvalue weighted by Gasteiger charge is -2.32. The molecule has 2 aliphatic carbocycles. The normalized spacial score (nSPS) is 29.2. The molecule has 2 fully saturated rings. The average Bonchev–Trinajstić information content (AvgIpc) is 2.72. The zero-order chi connectivity index (χ0) is 18.9. The number of ether oxygens (including phenoxy) is 1. The Labute approximate surface area is 162 Å². The molecule has 3 rings (SSSR count). The van der Waals surface area contributed by atoms with E-state index in [1.807, 2.05) is 30.4 Å². The van der Waals surface area contributed by atoms with E-state index in [4.69, 9.17) is 10.00 Å². The van der Waals surface area contributed by atoms with Gasteiger partial charge in [0.05, 0.1) is 12.2 Å². The van der Waals surface area contributed by atoms with Crippen LogP contribution in [0.4, 0.5) is 4.39 Å². The monoisotopic (exact) mass is 367 g/mol. The van der Waals surface area contributed by atoms with Gasteiger partial charge < -0.3 is 4.74 Å². The van der Waals surface area contributed by atoms with Crippen molar-refractivity contribution in [1.29, 1.82) is 5.26 Å². The van der Waals surface area contributed by atoms with Gasteiger partial charge in [-0.05, 0) is 86.8 Å². The third kappa shape index (κ3) is 6.33. The van der Waals surface area contributed by atoms with E-state index in [-0.39, 0.29) is 5.82 Å². The molecule has 0 amide bonds. The number of halogens is 1. The summed E-state index contributed by atoms with van der Waals surface area (Å²) in [6.45, 7) is 0.895. The van der Waals surface area contributed by atoms with Crippen molar-refractivity contribution in [3.63, 3.8) is 0 Å². The molecule has 0 radical (unpaired) electrons. The highest BCUT2D eigenvalue weighted by atomic mass is 19.1. The number of hydrogen-bond acceptors (Lipinski definition) is 2. The van der Waals surface area contributed by atoms with Gasteiger partial charge in [-0.2, -0.15) is 5.26 Å². The Hall–Kier alpha value is -1.92. The molecule has 0 aliphatic heterocycles. The highest BCUT2D eigenvalue weighted by molar-refractivity contribution is 5.20. The molecule has 0 unspecified atom stereocenters. The molecular formula is C24H30FNO. The molecule has 0 bridgehead atoms. The minimum Gasteiger partial charge on any atom is -0.378 e. The average molecular weight is 368 g/mol. The number of rotatable bonds is 6. The van der Waals surface area contributed by atoms with Crippen molar-refractivity contribution in [2.75, 3.05) is 6.61 Å². The van der Waals surface area contributed by atoms with E-state index in [0.29, 0.717) is 23.9 Å². The molecule has 2 aliphatic rings. The van der Waals surface area contributed by atoms with Crippen LogP contribution in [0, 0.1) is 29.0 Å². The zero-order valence-corrected chi connectivity index (χ0v) is 16.0. The summed E-state index contributed by atoms with van der Waals surface area (Å²) in [6, 6.07) is 9.05. The third-order valence-corrected chi connectivity index (χ3v) is 6.14. The lowest BCUT2D eigenvalue weighted by Crippen LogP contribution is -2.25. The summed E-state index contributed by atoms with van der Waals surface area (Å²) in [6.07, 6.45) is 17.4. The SMILES string of the molecule is N#CC=CC=C[C@H]1CC[C@H](OC[C@H]2CC[C@H](c3ccc(F)cc3)CC2)CC1. The van der Waals surface area contributed by atoms with Crippen molar-refractivity contribution in [2.24, 2.45) is 11.8 Å². The molecule has 0 saturated heterocycles. The summed E-state index contributed by atoms with van der Waals surface area (Å²) in [5, 5.41) is 8.49. The molecule has 1 aromatic carbocycles. The van der Waals surface area contributed by atoms with E-state index in [0.717, 1.165) is 19.4 Å². The number of nitriles is 1. The molecule has 0 atom stereocenters. The van der Waals surface area contributed by atoms with Gasteiger partial charge in [-0.3, -0.25) is 0 Å². The van der Waals surface area contributed by atoms with Crippen LogP contribution >= 0.6 is 0 Å². The molecule has 1 aromatic rings. The zero-order valence-electron chi connectivity index (χ0n) is 16.0. The molecule has 3 heteroatoms. The van der Waals surface area contributed by atoms with Gasteiger partial charge in [-0.15, -0.1) is 0 Å². The summed E-state index contributed by atoms with van der Waals surface area (Å²) in [7, 11) is 0. The number of hydrogen-bond donors (Lipinski definition) is 0. The molecule has 2 nitrogen and oxygen atoms in total. The van der Waals surface area contributed by atoms with Gasteiger partial charge in [-0.1, -0.05) is 30.4 Å². The van der Waals surface area contributed by atoms with Crippen LogP contribution in [0.3, 0.4) is 0 Å². The van der Waals surface area contributed by atoms with Crippen LogP contribution in [0.5, 0.6) is 0 Å². The third-order valence-electron chi connectivity index (χ3n) is 6.14. The van der Waals surface area contributed by atoms with Crippen molar-refractivity contribution in [1.82, 2.24) is 0 Å². The molecule has 144 valence electrons. The van der Waals surface area contributed by atoms with Gasteiger partial charge in [-0.25, -0.2) is 4.39 Å². The largest absolute Gasteiger partial charge is 0.378 e. The lowest BCUT2D eigenvalue weighted by atomic mass is 9.79. The van der Waals surface area contributed by atoms with Crippen molar-refractivity contribution in [3.8, 4) is 6.07 Å². The lowest BCUT2D eigenvalue weighted by molar-refractivity contribution is -0.00456. The highest BCUT2D eigenvalue weighted by Gasteiger charge is 2.25. The molecule has 0 heterocycles. The fourth-order valence-corrected chi connectivity index (χ4v) is 4.44. The Bertz CT molecular complexity index is 657. The second-order valence-electron chi connectivity index (χ2n) is 8.01. The van der Waals surface area contributed by atoms with Crippen LogP contribution in [0.25, 0.3) is 0 Å². The van der Waals surface area contributed by atoms with E-state index >= 15 is 0 Å². The molecule has 2 saturated carbocycles. The first-order valence-corrected chi connectivity index (χ1v) is 10.3. The van der Waals surface area contributed by atoms with Gasteiger partial charge in [0.1, 0.15) is 5.82 Å². The standard InChI is InChI=1S/C24H30FNO/c25-23-13-11-22(12-14-23)21-9-5-20(6-10-21)18-27-24-15-7-19(8-16-24)4-2-1-3-17-26/h1-4,11-14,19-21,24H,5-10,15-16,18H2/t19-,20-,21-,24-. The fourth-order valence-electron chi connectivity index (χ4n) is 4.44. The topological polar surface area (TPSA) is 33.0 Å². The first-order chi connectivity index (χ1) is 13.2. The first kappa shape index (κ1) is 19.8. The Morgan fingerprint density at radius 1 is 0.963 bits per heavy atom. The Morgan fingerprint density at radius 2 is 1.67 bits per heavy atom. The fraction of sp³-hybridized carbons (Fsp3) is 0.542. The Kier molecular flexibility index (Phi) is 7.66. The van der Waals surface area contributed by atoms with Crippen LogP contribution < -0.4 is 0 Å². The van der Waals surface area contributed by atoms with Crippen LogP contribution in [0.2, 0.25) is 0 Å². The minimum atomic E-state index is -0.148. The second kappa shape index (κ2) is 10.4. The Balaban J connectivity index is 1.33. The maximum atomic E-state index is 13.1. The molecule has 0 aromatic heterocycles. The quantitative estimate of drug-likeness (QED) is 0.436. The molecule has 27 heavy (non-hydrogen) atoms. The maximum Gasteiger partial charge on any atom is 0.123 e. The van der Waals surface area contributed by atoms with E-state index in [2.05, 4.69) is 6.08 Å². The van der Waals surface area contributed by atoms with E-state index in [1.54, 1.807) is 12.1 Å². The van der Waals surface area contributed by atoms with E-state index in [9.17, 15) is 4.39 Å². The van der Waals surface area contributed by atoms with Crippen molar-refractivity contribution in [3.05, 3.63) is 60.0 Å². The molecule has 0 N–H and O–H groups in total. The Morgan fingerprint density at radius 3 is 2.33 bits per heavy atom. The van der Waals surface area contributed by atoms with Gasteiger partial charge in [0.2, 0.25) is 0 Å². The van der Waals surface area contributed by atoms with Crippen molar-refractivity contribution in [2.45, 2.75) is 63.4 Å². The summed E-state index contributed by atoms with van der Waals surface area (Å²) >= 11 is 0. The predicted octanol–water partition coefficient (Wildman–Crippen LogP) is 6.31. The summed E-state index contributed by atoms with van der Waals surface area (Å²) in [5.41, 5.74) is 1.28. The number of benzene rings is 1. The van der Waals surface area contributed by atoms with Gasteiger partial charge in [0.25, 0.3) is 0 Å². The van der Waals surface area contributed by atoms with Crippen molar-refractivity contribution < 1.29 is 9.13 Å².